The van der Waals surface area contributed by atoms with E-state index in [1.54, 1.807) is 0 Å². The topological polar surface area (TPSA) is 12.0 Å². The molecule has 2 unspecified atom stereocenters. The maximum Gasteiger partial charge on any atom is 0.0207 e. The summed E-state index contributed by atoms with van der Waals surface area (Å²) in [6, 6.07) is 9.56. The Morgan fingerprint density at radius 1 is 1.20 bits per heavy atom. The second-order valence-electron chi connectivity index (χ2n) is 4.17. The molecule has 84 valence electrons. The van der Waals surface area contributed by atoms with Gasteiger partial charge in [-0.1, -0.05) is 41.1 Å². The number of hydrogen-bond acceptors (Lipinski definition) is 1. The number of rotatable bonds is 5. The van der Waals surface area contributed by atoms with Gasteiger partial charge in [0.1, 0.15) is 0 Å². The van der Waals surface area contributed by atoms with E-state index in [-0.39, 0.29) is 0 Å². The Balaban J connectivity index is 2.51. The first-order valence-electron chi connectivity index (χ1n) is 5.63. The predicted molar refractivity (Wildman–Crippen MR) is 70.2 cm³/mol. The van der Waals surface area contributed by atoms with Gasteiger partial charge < -0.3 is 5.32 Å². The van der Waals surface area contributed by atoms with Crippen molar-refractivity contribution < 1.29 is 0 Å². The fourth-order valence-corrected chi connectivity index (χ4v) is 2.10. The largest absolute Gasteiger partial charge is 0.311 e. The minimum atomic E-state index is 0.527. The number of benzene rings is 1. The molecule has 0 saturated heterocycles. The van der Waals surface area contributed by atoms with E-state index >= 15 is 0 Å². The minimum Gasteiger partial charge on any atom is -0.311 e. The fourth-order valence-electron chi connectivity index (χ4n) is 1.66. The van der Waals surface area contributed by atoms with Crippen molar-refractivity contribution in [2.45, 2.75) is 45.7 Å². The lowest BCUT2D eigenvalue weighted by Gasteiger charge is -2.19. The first-order valence-corrected chi connectivity index (χ1v) is 6.42. The summed E-state index contributed by atoms with van der Waals surface area (Å²) in [5, 5.41) is 3.58. The maximum atomic E-state index is 3.58. The van der Waals surface area contributed by atoms with Crippen LogP contribution in [0, 0.1) is 0 Å². The minimum absolute atomic E-state index is 0.527. The molecule has 1 aromatic carbocycles. The number of halogens is 1. The second-order valence-corrected chi connectivity index (χ2v) is 5.03. The molecule has 0 spiro atoms. The second kappa shape index (κ2) is 6.29. The van der Waals surface area contributed by atoms with Crippen molar-refractivity contribution in [3.63, 3.8) is 0 Å². The van der Waals surface area contributed by atoms with Gasteiger partial charge in [-0.25, -0.2) is 0 Å². The van der Waals surface area contributed by atoms with E-state index in [1.807, 2.05) is 0 Å². The normalized spacial score (nSPS) is 14.9. The summed E-state index contributed by atoms with van der Waals surface area (Å²) in [5.74, 6) is 0. The molecule has 15 heavy (non-hydrogen) atoms. The van der Waals surface area contributed by atoms with Gasteiger partial charge in [0.05, 0.1) is 0 Å². The van der Waals surface area contributed by atoms with E-state index in [0.29, 0.717) is 12.1 Å². The van der Waals surface area contributed by atoms with Crippen LogP contribution < -0.4 is 5.32 Å². The molecule has 1 aromatic rings. The molecule has 0 bridgehead atoms. The SMILES string of the molecule is CCC(C)NC(C)Cc1ccccc1Br. The van der Waals surface area contributed by atoms with E-state index in [0.717, 1.165) is 6.42 Å². The van der Waals surface area contributed by atoms with Gasteiger partial charge in [0.15, 0.2) is 0 Å². The molecule has 2 atom stereocenters. The quantitative estimate of drug-likeness (QED) is 0.858. The summed E-state index contributed by atoms with van der Waals surface area (Å²) in [6.07, 6.45) is 2.26. The third-order valence-corrected chi connectivity index (χ3v) is 3.44. The molecule has 0 radical (unpaired) electrons. The van der Waals surface area contributed by atoms with Crippen molar-refractivity contribution in [1.29, 1.82) is 0 Å². The first kappa shape index (κ1) is 12.7. The van der Waals surface area contributed by atoms with Gasteiger partial charge in [-0.3, -0.25) is 0 Å². The highest BCUT2D eigenvalue weighted by atomic mass is 79.9. The molecule has 2 heteroatoms. The highest BCUT2D eigenvalue weighted by molar-refractivity contribution is 9.10. The highest BCUT2D eigenvalue weighted by Gasteiger charge is 2.08. The zero-order valence-corrected chi connectivity index (χ0v) is 11.3. The van der Waals surface area contributed by atoms with Crippen molar-refractivity contribution in [3.8, 4) is 0 Å². The summed E-state index contributed by atoms with van der Waals surface area (Å²) >= 11 is 3.58. The summed E-state index contributed by atoms with van der Waals surface area (Å²) in [5.41, 5.74) is 1.38. The molecule has 1 rings (SSSR count). The lowest BCUT2D eigenvalue weighted by molar-refractivity contribution is 0.455. The Labute approximate surface area is 101 Å². The van der Waals surface area contributed by atoms with Gasteiger partial charge >= 0.3 is 0 Å². The zero-order valence-electron chi connectivity index (χ0n) is 9.76. The Morgan fingerprint density at radius 2 is 1.87 bits per heavy atom. The van der Waals surface area contributed by atoms with Gasteiger partial charge in [-0.05, 0) is 38.3 Å². The Bertz CT molecular complexity index is 298. The molecular formula is C13H20BrN. The molecule has 0 aliphatic rings. The molecule has 1 nitrogen and oxygen atoms in total. The average molecular weight is 270 g/mol. The molecule has 0 fully saturated rings. The van der Waals surface area contributed by atoms with Crippen LogP contribution in [0.5, 0.6) is 0 Å². The molecular weight excluding hydrogens is 250 g/mol. The van der Waals surface area contributed by atoms with Crippen molar-refractivity contribution in [2.75, 3.05) is 0 Å². The lowest BCUT2D eigenvalue weighted by atomic mass is 10.1. The van der Waals surface area contributed by atoms with Gasteiger partial charge in [0.2, 0.25) is 0 Å². The lowest BCUT2D eigenvalue weighted by Crippen LogP contribution is -2.35. The van der Waals surface area contributed by atoms with Crippen molar-refractivity contribution >= 4 is 15.9 Å². The van der Waals surface area contributed by atoms with E-state index in [1.165, 1.54) is 16.5 Å². The van der Waals surface area contributed by atoms with Crippen LogP contribution in [0.25, 0.3) is 0 Å². The summed E-state index contributed by atoms with van der Waals surface area (Å²) < 4.78 is 1.21. The highest BCUT2D eigenvalue weighted by Crippen LogP contribution is 2.17. The smallest absolute Gasteiger partial charge is 0.0207 e. The van der Waals surface area contributed by atoms with E-state index in [2.05, 4.69) is 66.3 Å². The monoisotopic (exact) mass is 269 g/mol. The Kier molecular flexibility index (Phi) is 5.34. The zero-order chi connectivity index (χ0) is 11.3. The van der Waals surface area contributed by atoms with Gasteiger partial charge in [0, 0.05) is 16.6 Å². The maximum absolute atomic E-state index is 3.58. The van der Waals surface area contributed by atoms with Gasteiger partial charge in [-0.2, -0.15) is 0 Å². The molecule has 1 N–H and O–H groups in total. The summed E-state index contributed by atoms with van der Waals surface area (Å²) in [4.78, 5) is 0. The van der Waals surface area contributed by atoms with Crippen LogP contribution in [0.3, 0.4) is 0 Å². The van der Waals surface area contributed by atoms with Crippen LogP contribution in [-0.2, 0) is 6.42 Å². The Morgan fingerprint density at radius 3 is 2.47 bits per heavy atom. The van der Waals surface area contributed by atoms with E-state index < -0.39 is 0 Å². The third-order valence-electron chi connectivity index (χ3n) is 2.67. The van der Waals surface area contributed by atoms with Crippen LogP contribution in [0.1, 0.15) is 32.8 Å². The fraction of sp³-hybridized carbons (Fsp3) is 0.538. The molecule has 0 aliphatic heterocycles. The molecule has 0 aliphatic carbocycles. The first-order chi connectivity index (χ1) is 7.13. The number of nitrogens with one attached hydrogen (secondary N) is 1. The Hall–Kier alpha value is -0.340. The molecule has 0 saturated carbocycles. The van der Waals surface area contributed by atoms with Gasteiger partial charge in [0.25, 0.3) is 0 Å². The van der Waals surface area contributed by atoms with E-state index in [4.69, 9.17) is 0 Å². The van der Waals surface area contributed by atoms with Crippen molar-refractivity contribution in [2.24, 2.45) is 0 Å². The van der Waals surface area contributed by atoms with Crippen LogP contribution in [0.15, 0.2) is 28.7 Å². The predicted octanol–water partition coefficient (Wildman–Crippen LogP) is 3.77. The summed E-state index contributed by atoms with van der Waals surface area (Å²) in [7, 11) is 0. The molecule has 0 heterocycles. The van der Waals surface area contributed by atoms with Crippen LogP contribution in [-0.4, -0.2) is 12.1 Å². The third kappa shape index (κ3) is 4.35. The van der Waals surface area contributed by atoms with Gasteiger partial charge in [-0.15, -0.1) is 0 Å². The summed E-state index contributed by atoms with van der Waals surface area (Å²) in [6.45, 7) is 6.69. The van der Waals surface area contributed by atoms with Crippen LogP contribution in [0.4, 0.5) is 0 Å². The van der Waals surface area contributed by atoms with Crippen LogP contribution >= 0.6 is 15.9 Å². The van der Waals surface area contributed by atoms with Crippen molar-refractivity contribution in [3.05, 3.63) is 34.3 Å². The number of hydrogen-bond donors (Lipinski definition) is 1. The van der Waals surface area contributed by atoms with Crippen LogP contribution in [0.2, 0.25) is 0 Å². The average Bonchev–Trinajstić information content (AvgIpc) is 2.21. The standard InChI is InChI=1S/C13H20BrN/c1-4-10(2)15-11(3)9-12-7-5-6-8-13(12)14/h5-8,10-11,15H,4,9H2,1-3H3. The molecule has 0 aromatic heterocycles. The molecule has 0 amide bonds. The van der Waals surface area contributed by atoms with E-state index in [9.17, 15) is 0 Å². The van der Waals surface area contributed by atoms with Crippen molar-refractivity contribution in [1.82, 2.24) is 5.32 Å².